The molecule has 2 aliphatic heterocycles. The Morgan fingerprint density at radius 2 is 2.16 bits per heavy atom. The van der Waals surface area contributed by atoms with Crippen LogP contribution in [0.25, 0.3) is 16.8 Å². The summed E-state index contributed by atoms with van der Waals surface area (Å²) >= 11 is 1.58. The van der Waals surface area contributed by atoms with Gasteiger partial charge in [0.15, 0.2) is 0 Å². The highest BCUT2D eigenvalue weighted by molar-refractivity contribution is 7.11. The first-order valence-corrected chi connectivity index (χ1v) is 10.7. The number of dihydropyridines is 2. The summed E-state index contributed by atoms with van der Waals surface area (Å²) in [7, 11) is 0. The zero-order chi connectivity index (χ0) is 21.8. The number of pyridine rings is 1. The molecular formula is C23H23N7S. The maximum atomic E-state index is 7.52. The van der Waals surface area contributed by atoms with Crippen molar-refractivity contribution in [2.75, 3.05) is 0 Å². The van der Waals surface area contributed by atoms with Gasteiger partial charge in [0.1, 0.15) is 11.7 Å². The highest BCUT2D eigenvalue weighted by atomic mass is 32.1. The maximum Gasteiger partial charge on any atom is 0.132 e. The first kappa shape index (κ1) is 20.5. The molecule has 2 aromatic heterocycles. The number of aromatic nitrogens is 2. The summed E-state index contributed by atoms with van der Waals surface area (Å²) in [5.74, 6) is 1.19. The molecular weight excluding hydrogens is 406 g/mol. The monoisotopic (exact) mass is 429 g/mol. The molecule has 0 fully saturated rings. The van der Waals surface area contributed by atoms with E-state index < -0.39 is 0 Å². The average molecular weight is 430 g/mol. The van der Waals surface area contributed by atoms with Crippen LogP contribution in [0.4, 0.5) is 0 Å². The second-order valence-corrected chi connectivity index (χ2v) is 8.17. The van der Waals surface area contributed by atoms with Gasteiger partial charge in [-0.1, -0.05) is 13.8 Å². The molecule has 156 valence electrons. The quantitative estimate of drug-likeness (QED) is 0.410. The second kappa shape index (κ2) is 8.93. The van der Waals surface area contributed by atoms with Crippen molar-refractivity contribution >= 4 is 29.0 Å². The summed E-state index contributed by atoms with van der Waals surface area (Å²) < 4.78 is 0. The Morgan fingerprint density at radius 1 is 1.29 bits per heavy atom. The molecule has 0 aliphatic carbocycles. The van der Waals surface area contributed by atoms with E-state index in [1.807, 2.05) is 56.0 Å². The van der Waals surface area contributed by atoms with Gasteiger partial charge >= 0.3 is 0 Å². The SMILES string of the molecule is CC(C)C(C=N)=CC(N)=NC1=CC=C2NC=C(c3scnc3-c3cccnc3)C=C2N1. The molecule has 0 aromatic carbocycles. The number of hydrogen-bond donors (Lipinski definition) is 4. The summed E-state index contributed by atoms with van der Waals surface area (Å²) in [6.07, 6.45) is 14.5. The summed E-state index contributed by atoms with van der Waals surface area (Å²) in [6, 6.07) is 3.91. The smallest absolute Gasteiger partial charge is 0.132 e. The van der Waals surface area contributed by atoms with Gasteiger partial charge in [0.25, 0.3) is 0 Å². The maximum absolute atomic E-state index is 7.52. The van der Waals surface area contributed by atoms with Gasteiger partial charge in [-0.05, 0) is 47.9 Å². The van der Waals surface area contributed by atoms with E-state index in [0.717, 1.165) is 38.7 Å². The van der Waals surface area contributed by atoms with Crippen LogP contribution in [0.5, 0.6) is 0 Å². The van der Waals surface area contributed by atoms with Gasteiger partial charge in [0.05, 0.1) is 27.5 Å². The van der Waals surface area contributed by atoms with Crippen molar-refractivity contribution in [1.82, 2.24) is 20.6 Å². The van der Waals surface area contributed by atoms with Crippen LogP contribution in [0.3, 0.4) is 0 Å². The van der Waals surface area contributed by atoms with E-state index in [0.29, 0.717) is 11.7 Å². The van der Waals surface area contributed by atoms with E-state index >= 15 is 0 Å². The highest BCUT2D eigenvalue weighted by Gasteiger charge is 2.19. The van der Waals surface area contributed by atoms with Crippen molar-refractivity contribution in [2.24, 2.45) is 16.6 Å². The number of nitrogens with two attached hydrogens (primary N) is 1. The van der Waals surface area contributed by atoms with E-state index in [2.05, 4.69) is 31.7 Å². The van der Waals surface area contributed by atoms with E-state index in [4.69, 9.17) is 11.1 Å². The van der Waals surface area contributed by atoms with E-state index in [9.17, 15) is 0 Å². The van der Waals surface area contributed by atoms with Crippen molar-refractivity contribution in [3.8, 4) is 11.3 Å². The van der Waals surface area contributed by atoms with E-state index in [1.54, 1.807) is 23.6 Å². The number of allylic oxidation sites excluding steroid dienone is 5. The first-order chi connectivity index (χ1) is 15.0. The Balaban J connectivity index is 1.58. The lowest BCUT2D eigenvalue weighted by atomic mass is 10.0. The highest BCUT2D eigenvalue weighted by Crippen LogP contribution is 2.34. The number of nitrogens with zero attached hydrogens (tertiary/aromatic N) is 3. The van der Waals surface area contributed by atoms with Gasteiger partial charge in [-0.2, -0.15) is 0 Å². The fourth-order valence-electron chi connectivity index (χ4n) is 3.16. The number of hydrogen-bond acceptors (Lipinski definition) is 7. The molecule has 0 bridgehead atoms. The van der Waals surface area contributed by atoms with Crippen LogP contribution in [-0.2, 0) is 0 Å². The molecule has 5 N–H and O–H groups in total. The summed E-state index contributed by atoms with van der Waals surface area (Å²) in [5, 5.41) is 14.2. The van der Waals surface area contributed by atoms with Crippen molar-refractivity contribution < 1.29 is 0 Å². The molecule has 0 spiro atoms. The Kier molecular flexibility index (Phi) is 5.90. The molecule has 4 rings (SSSR count). The van der Waals surface area contributed by atoms with Gasteiger partial charge < -0.3 is 21.8 Å². The van der Waals surface area contributed by atoms with Crippen LogP contribution in [0.1, 0.15) is 18.7 Å². The Labute approximate surface area is 185 Å². The number of aliphatic imine (C=N–C) groups is 1. The molecule has 2 aliphatic rings. The number of rotatable bonds is 6. The molecule has 4 heterocycles. The van der Waals surface area contributed by atoms with Crippen molar-refractivity contribution in [3.63, 3.8) is 0 Å². The van der Waals surface area contributed by atoms with Crippen molar-refractivity contribution in [3.05, 3.63) is 88.2 Å². The van der Waals surface area contributed by atoms with Crippen LogP contribution in [0.2, 0.25) is 0 Å². The van der Waals surface area contributed by atoms with Gasteiger partial charge in [-0.3, -0.25) is 4.98 Å². The molecule has 0 saturated carbocycles. The molecule has 0 unspecified atom stereocenters. The predicted molar refractivity (Wildman–Crippen MR) is 127 cm³/mol. The number of nitrogens with one attached hydrogen (secondary N) is 3. The molecule has 2 aromatic rings. The molecule has 7 nitrogen and oxygen atoms in total. The largest absolute Gasteiger partial charge is 0.384 e. The third kappa shape index (κ3) is 4.54. The number of amidine groups is 1. The molecule has 0 atom stereocenters. The van der Waals surface area contributed by atoms with Crippen molar-refractivity contribution in [1.29, 1.82) is 5.41 Å². The van der Waals surface area contributed by atoms with Gasteiger partial charge in [-0.15, -0.1) is 11.3 Å². The van der Waals surface area contributed by atoms with Crippen LogP contribution >= 0.6 is 11.3 Å². The number of fused-ring (bicyclic) bond motifs is 1. The average Bonchev–Trinajstić information content (AvgIpc) is 3.27. The Bertz CT molecular complexity index is 1180. The zero-order valence-corrected chi connectivity index (χ0v) is 18.1. The fourth-order valence-corrected chi connectivity index (χ4v) is 3.96. The molecule has 0 amide bonds. The van der Waals surface area contributed by atoms with Gasteiger partial charge in [0, 0.05) is 35.9 Å². The first-order valence-electron chi connectivity index (χ1n) is 9.83. The normalized spacial score (nSPS) is 16.4. The lowest BCUT2D eigenvalue weighted by Crippen LogP contribution is -2.26. The number of thiazole rings is 1. The van der Waals surface area contributed by atoms with Crippen LogP contribution < -0.4 is 16.4 Å². The van der Waals surface area contributed by atoms with Crippen LogP contribution in [0.15, 0.2) is 88.3 Å². The summed E-state index contributed by atoms with van der Waals surface area (Å²) in [4.78, 5) is 14.3. The summed E-state index contributed by atoms with van der Waals surface area (Å²) in [6.45, 7) is 4.03. The van der Waals surface area contributed by atoms with Gasteiger partial charge in [-0.25, -0.2) is 9.98 Å². The Hall–Kier alpha value is -3.78. The topological polar surface area (TPSA) is 112 Å². The van der Waals surface area contributed by atoms with E-state index in [1.165, 1.54) is 6.21 Å². The fraction of sp³-hybridized carbons (Fsp3) is 0.130. The minimum atomic E-state index is 0.206. The lowest BCUT2D eigenvalue weighted by molar-refractivity contribution is 0.806. The zero-order valence-electron chi connectivity index (χ0n) is 17.3. The molecule has 8 heteroatoms. The third-order valence-electron chi connectivity index (χ3n) is 4.81. The minimum Gasteiger partial charge on any atom is -0.384 e. The van der Waals surface area contributed by atoms with E-state index in [-0.39, 0.29) is 5.92 Å². The molecule has 0 saturated heterocycles. The molecule has 0 radical (unpaired) electrons. The predicted octanol–water partition coefficient (Wildman–Crippen LogP) is 3.95. The van der Waals surface area contributed by atoms with Gasteiger partial charge in [0.2, 0.25) is 0 Å². The third-order valence-corrected chi connectivity index (χ3v) is 5.68. The molecule has 31 heavy (non-hydrogen) atoms. The standard InChI is InChI=1S/C23H23N7S/c1-14(2)16(10-24)9-20(25)30-21-6-5-18-19(29-21)8-17(12-27-18)23-22(28-13-31-23)15-4-3-7-26-11-15/h3-14,24,27,29H,1-2H3,(H2,25,30). The minimum absolute atomic E-state index is 0.206. The second-order valence-electron chi connectivity index (χ2n) is 7.31. The van der Waals surface area contributed by atoms with Crippen LogP contribution in [-0.4, -0.2) is 22.0 Å². The Morgan fingerprint density at radius 3 is 2.90 bits per heavy atom. The van der Waals surface area contributed by atoms with Crippen LogP contribution in [0, 0.1) is 11.3 Å². The van der Waals surface area contributed by atoms with Crippen molar-refractivity contribution in [2.45, 2.75) is 13.8 Å². The lowest BCUT2D eigenvalue weighted by Gasteiger charge is -2.23. The summed E-state index contributed by atoms with van der Waals surface area (Å²) in [5.41, 5.74) is 13.5.